The summed E-state index contributed by atoms with van der Waals surface area (Å²) in [5.74, 6) is 1.95. The molecule has 0 radical (unpaired) electrons. The molecular formula is C17H30N4. The number of nitrogens with zero attached hydrogens (tertiary/aromatic N) is 3. The fourth-order valence-electron chi connectivity index (χ4n) is 3.19. The number of aryl methyl sites for hydroxylation is 2. The average Bonchev–Trinajstić information content (AvgIpc) is 2.36. The van der Waals surface area contributed by atoms with Crippen molar-refractivity contribution in [2.75, 3.05) is 26.0 Å². The zero-order valence-corrected chi connectivity index (χ0v) is 14.5. The minimum absolute atomic E-state index is 0.184. The fourth-order valence-corrected chi connectivity index (χ4v) is 3.19. The Balaban J connectivity index is 2.21. The summed E-state index contributed by atoms with van der Waals surface area (Å²) >= 11 is 0. The van der Waals surface area contributed by atoms with Crippen molar-refractivity contribution in [1.29, 1.82) is 0 Å². The first-order valence-electron chi connectivity index (χ1n) is 8.07. The van der Waals surface area contributed by atoms with Gasteiger partial charge in [-0.3, -0.25) is 0 Å². The maximum atomic E-state index is 4.68. The molecule has 1 aromatic rings. The van der Waals surface area contributed by atoms with Gasteiger partial charge in [-0.25, -0.2) is 9.97 Å². The second-order valence-electron chi connectivity index (χ2n) is 7.34. The van der Waals surface area contributed by atoms with Gasteiger partial charge in [-0.2, -0.15) is 0 Å². The maximum Gasteiger partial charge on any atom is 0.133 e. The third-order valence-electron chi connectivity index (χ3n) is 4.54. The van der Waals surface area contributed by atoms with Gasteiger partial charge in [-0.05, 0) is 59.0 Å². The Morgan fingerprint density at radius 3 is 2.52 bits per heavy atom. The standard InChI is InChI=1S/C17H30N4/c1-12(17(3,4)11-21(5)6)18-16-14-9-7-8-10-15(14)19-13(2)20-16/h12H,7-11H2,1-6H3,(H,18,19,20). The second kappa shape index (κ2) is 6.30. The van der Waals surface area contributed by atoms with E-state index >= 15 is 0 Å². The van der Waals surface area contributed by atoms with Crippen LogP contribution in [0, 0.1) is 12.3 Å². The molecule has 0 fully saturated rings. The Hall–Kier alpha value is -1.16. The largest absolute Gasteiger partial charge is 0.367 e. The first kappa shape index (κ1) is 16.2. The Bertz CT molecular complexity index is 494. The summed E-state index contributed by atoms with van der Waals surface area (Å²) in [4.78, 5) is 11.6. The molecule has 0 aromatic carbocycles. The molecule has 4 nitrogen and oxygen atoms in total. The molecular weight excluding hydrogens is 260 g/mol. The molecule has 1 aliphatic rings. The molecule has 0 bridgehead atoms. The SMILES string of the molecule is Cc1nc2c(c(NC(C)C(C)(C)CN(C)C)n1)CCCC2. The summed E-state index contributed by atoms with van der Waals surface area (Å²) in [7, 11) is 4.26. The number of fused-ring (bicyclic) bond motifs is 1. The van der Waals surface area contributed by atoms with Crippen LogP contribution in [0.25, 0.3) is 0 Å². The van der Waals surface area contributed by atoms with Crippen LogP contribution in [-0.4, -0.2) is 41.5 Å². The van der Waals surface area contributed by atoms with Crippen molar-refractivity contribution in [2.24, 2.45) is 5.41 Å². The van der Waals surface area contributed by atoms with Gasteiger partial charge < -0.3 is 10.2 Å². The highest BCUT2D eigenvalue weighted by molar-refractivity contribution is 5.48. The van der Waals surface area contributed by atoms with Gasteiger partial charge in [-0.15, -0.1) is 0 Å². The molecule has 1 aromatic heterocycles. The van der Waals surface area contributed by atoms with E-state index < -0.39 is 0 Å². The molecule has 0 spiro atoms. The van der Waals surface area contributed by atoms with E-state index in [9.17, 15) is 0 Å². The Morgan fingerprint density at radius 1 is 1.19 bits per heavy atom. The Morgan fingerprint density at radius 2 is 1.86 bits per heavy atom. The van der Waals surface area contributed by atoms with Crippen LogP contribution in [-0.2, 0) is 12.8 Å². The molecule has 4 heteroatoms. The summed E-state index contributed by atoms with van der Waals surface area (Å²) in [6, 6.07) is 0.361. The van der Waals surface area contributed by atoms with Gasteiger partial charge in [0.2, 0.25) is 0 Å². The Kier molecular flexibility index (Phi) is 4.87. The molecule has 118 valence electrons. The predicted molar refractivity (Wildman–Crippen MR) is 88.8 cm³/mol. The van der Waals surface area contributed by atoms with Crippen LogP contribution in [0.5, 0.6) is 0 Å². The highest BCUT2D eigenvalue weighted by atomic mass is 15.1. The molecule has 1 unspecified atom stereocenters. The van der Waals surface area contributed by atoms with Gasteiger partial charge in [0, 0.05) is 23.8 Å². The number of rotatable bonds is 5. The first-order chi connectivity index (χ1) is 9.79. The second-order valence-corrected chi connectivity index (χ2v) is 7.34. The van der Waals surface area contributed by atoms with Crippen molar-refractivity contribution in [3.8, 4) is 0 Å². The lowest BCUT2D eigenvalue weighted by molar-refractivity contribution is 0.217. The number of aromatic nitrogens is 2. The highest BCUT2D eigenvalue weighted by Gasteiger charge is 2.28. The van der Waals surface area contributed by atoms with Crippen molar-refractivity contribution in [3.63, 3.8) is 0 Å². The van der Waals surface area contributed by atoms with E-state index in [-0.39, 0.29) is 5.41 Å². The van der Waals surface area contributed by atoms with Crippen molar-refractivity contribution in [1.82, 2.24) is 14.9 Å². The molecule has 21 heavy (non-hydrogen) atoms. The van der Waals surface area contributed by atoms with E-state index in [1.165, 1.54) is 24.1 Å². The minimum Gasteiger partial charge on any atom is -0.367 e. The van der Waals surface area contributed by atoms with E-state index in [2.05, 4.69) is 55.1 Å². The quantitative estimate of drug-likeness (QED) is 0.905. The number of hydrogen-bond acceptors (Lipinski definition) is 4. The minimum atomic E-state index is 0.184. The lowest BCUT2D eigenvalue weighted by Gasteiger charge is -2.36. The van der Waals surface area contributed by atoms with E-state index in [4.69, 9.17) is 0 Å². The molecule has 1 N–H and O–H groups in total. The summed E-state index contributed by atoms with van der Waals surface area (Å²) < 4.78 is 0. The zero-order valence-electron chi connectivity index (χ0n) is 14.5. The van der Waals surface area contributed by atoms with Crippen molar-refractivity contribution < 1.29 is 0 Å². The smallest absolute Gasteiger partial charge is 0.133 e. The molecule has 1 atom stereocenters. The zero-order chi connectivity index (χ0) is 15.6. The van der Waals surface area contributed by atoms with E-state index in [1.54, 1.807) is 0 Å². The third-order valence-corrected chi connectivity index (χ3v) is 4.54. The maximum absolute atomic E-state index is 4.68. The van der Waals surface area contributed by atoms with Crippen LogP contribution < -0.4 is 5.32 Å². The van der Waals surface area contributed by atoms with Crippen molar-refractivity contribution in [2.45, 2.75) is 59.4 Å². The van der Waals surface area contributed by atoms with E-state index in [1.807, 2.05) is 6.92 Å². The summed E-state index contributed by atoms with van der Waals surface area (Å²) in [5, 5.41) is 3.68. The number of anilines is 1. The molecule has 1 heterocycles. The number of hydrogen-bond donors (Lipinski definition) is 1. The lowest BCUT2D eigenvalue weighted by Crippen LogP contribution is -2.41. The van der Waals surface area contributed by atoms with Crippen LogP contribution in [0.15, 0.2) is 0 Å². The molecule has 0 saturated carbocycles. The third kappa shape index (κ3) is 3.94. The normalized spacial score (nSPS) is 16.7. The number of nitrogens with one attached hydrogen (secondary N) is 1. The van der Waals surface area contributed by atoms with Gasteiger partial charge in [0.25, 0.3) is 0 Å². The lowest BCUT2D eigenvalue weighted by atomic mass is 9.84. The van der Waals surface area contributed by atoms with Crippen LogP contribution in [0.2, 0.25) is 0 Å². The molecule has 0 amide bonds. The molecule has 1 aliphatic carbocycles. The monoisotopic (exact) mass is 290 g/mol. The van der Waals surface area contributed by atoms with Gasteiger partial charge in [0.05, 0.1) is 0 Å². The topological polar surface area (TPSA) is 41.1 Å². The van der Waals surface area contributed by atoms with Crippen molar-refractivity contribution in [3.05, 3.63) is 17.1 Å². The fraction of sp³-hybridized carbons (Fsp3) is 0.765. The van der Waals surface area contributed by atoms with Gasteiger partial charge >= 0.3 is 0 Å². The summed E-state index contributed by atoms with van der Waals surface area (Å²) in [6.45, 7) is 9.93. The van der Waals surface area contributed by atoms with E-state index in [0.29, 0.717) is 6.04 Å². The van der Waals surface area contributed by atoms with Crippen LogP contribution >= 0.6 is 0 Å². The van der Waals surface area contributed by atoms with Crippen LogP contribution in [0.1, 0.15) is 50.7 Å². The molecule has 0 saturated heterocycles. The average molecular weight is 290 g/mol. The van der Waals surface area contributed by atoms with Gasteiger partial charge in [-0.1, -0.05) is 13.8 Å². The van der Waals surface area contributed by atoms with Gasteiger partial charge in [0.15, 0.2) is 0 Å². The summed E-state index contributed by atoms with van der Waals surface area (Å²) in [6.07, 6.45) is 4.72. The van der Waals surface area contributed by atoms with Gasteiger partial charge in [0.1, 0.15) is 11.6 Å². The molecule has 2 rings (SSSR count). The van der Waals surface area contributed by atoms with E-state index in [0.717, 1.165) is 31.0 Å². The predicted octanol–water partition coefficient (Wildman–Crippen LogP) is 3.05. The molecule has 0 aliphatic heterocycles. The summed E-state index contributed by atoms with van der Waals surface area (Å²) in [5.41, 5.74) is 2.79. The first-order valence-corrected chi connectivity index (χ1v) is 8.07. The van der Waals surface area contributed by atoms with Crippen LogP contribution in [0.3, 0.4) is 0 Å². The highest BCUT2D eigenvalue weighted by Crippen LogP contribution is 2.29. The Labute approximate surface area is 129 Å². The van der Waals surface area contributed by atoms with Crippen LogP contribution in [0.4, 0.5) is 5.82 Å². The van der Waals surface area contributed by atoms with Crippen molar-refractivity contribution >= 4 is 5.82 Å².